The van der Waals surface area contributed by atoms with E-state index in [2.05, 4.69) is 0 Å². The van der Waals surface area contributed by atoms with Gasteiger partial charge in [0.1, 0.15) is 5.75 Å². The molecule has 0 radical (unpaired) electrons. The predicted octanol–water partition coefficient (Wildman–Crippen LogP) is 3.60. The molecule has 0 aromatic heterocycles. The maximum Gasteiger partial charge on any atom is 0.258 e. The third kappa shape index (κ3) is 2.29. The van der Waals surface area contributed by atoms with Crippen LogP contribution in [0.1, 0.15) is 33.5 Å². The minimum Gasteiger partial charge on any atom is -0.506 e. The molecule has 3 rings (SSSR count). The summed E-state index contributed by atoms with van der Waals surface area (Å²) in [5.41, 5.74) is 4.41. The Kier molecular flexibility index (Phi) is 3.42. The van der Waals surface area contributed by atoms with Crippen molar-refractivity contribution in [2.75, 3.05) is 11.4 Å². The van der Waals surface area contributed by atoms with Gasteiger partial charge < -0.3 is 10.0 Å². The number of phenols is 1. The van der Waals surface area contributed by atoms with Crippen molar-refractivity contribution in [2.24, 2.45) is 0 Å². The Balaban J connectivity index is 2.09. The lowest BCUT2D eigenvalue weighted by molar-refractivity contribution is 0.0983. The average molecular weight is 281 g/mol. The van der Waals surface area contributed by atoms with E-state index in [-0.39, 0.29) is 11.7 Å². The Bertz CT molecular complexity index is 686. The Morgan fingerprint density at radius 2 is 1.76 bits per heavy atom. The van der Waals surface area contributed by atoms with Crippen molar-refractivity contribution < 1.29 is 9.90 Å². The van der Waals surface area contributed by atoms with Gasteiger partial charge in [0.25, 0.3) is 5.91 Å². The van der Waals surface area contributed by atoms with Gasteiger partial charge in [0, 0.05) is 12.1 Å². The van der Waals surface area contributed by atoms with Gasteiger partial charge in [0.15, 0.2) is 0 Å². The van der Waals surface area contributed by atoms with Gasteiger partial charge in [-0.1, -0.05) is 30.3 Å². The van der Waals surface area contributed by atoms with Gasteiger partial charge >= 0.3 is 0 Å². The van der Waals surface area contributed by atoms with Crippen LogP contribution in [0.3, 0.4) is 0 Å². The highest BCUT2D eigenvalue weighted by Crippen LogP contribution is 2.36. The zero-order valence-electron chi connectivity index (χ0n) is 12.4. The van der Waals surface area contributed by atoms with Crippen LogP contribution < -0.4 is 4.90 Å². The van der Waals surface area contributed by atoms with E-state index in [0.717, 1.165) is 35.1 Å². The van der Waals surface area contributed by atoms with Crippen LogP contribution in [-0.2, 0) is 6.42 Å². The molecule has 3 nitrogen and oxygen atoms in total. The SMILES string of the molecule is Cc1cccc(C)c1C(=O)N1CCCc2cccc(O)c21. The largest absolute Gasteiger partial charge is 0.506 e. The number of amides is 1. The van der Waals surface area contributed by atoms with Crippen molar-refractivity contribution in [2.45, 2.75) is 26.7 Å². The standard InChI is InChI=1S/C18H19NO2/c1-12-6-3-7-13(2)16(12)18(21)19-11-5-9-14-8-4-10-15(20)17(14)19/h3-4,6-8,10,20H,5,9,11H2,1-2H3. The van der Waals surface area contributed by atoms with Gasteiger partial charge in [-0.25, -0.2) is 0 Å². The number of rotatable bonds is 1. The number of carbonyl (C=O) groups is 1. The summed E-state index contributed by atoms with van der Waals surface area (Å²) < 4.78 is 0. The number of nitrogens with zero attached hydrogens (tertiary/aromatic N) is 1. The van der Waals surface area contributed by atoms with Gasteiger partial charge in [0.2, 0.25) is 0 Å². The molecule has 2 aromatic rings. The van der Waals surface area contributed by atoms with Crippen LogP contribution in [0.4, 0.5) is 5.69 Å². The number of aromatic hydroxyl groups is 1. The first-order chi connectivity index (χ1) is 10.1. The van der Waals surface area contributed by atoms with E-state index in [9.17, 15) is 9.90 Å². The van der Waals surface area contributed by atoms with E-state index < -0.39 is 0 Å². The molecule has 0 aliphatic carbocycles. The molecule has 0 saturated heterocycles. The second-order valence-corrected chi connectivity index (χ2v) is 5.61. The van der Waals surface area contributed by atoms with E-state index in [1.54, 1.807) is 11.0 Å². The zero-order chi connectivity index (χ0) is 15.0. The summed E-state index contributed by atoms with van der Waals surface area (Å²) >= 11 is 0. The zero-order valence-corrected chi connectivity index (χ0v) is 12.4. The monoisotopic (exact) mass is 281 g/mol. The van der Waals surface area contributed by atoms with Gasteiger partial charge in [-0.2, -0.15) is 0 Å². The lowest BCUT2D eigenvalue weighted by atomic mass is 9.97. The van der Waals surface area contributed by atoms with Gasteiger partial charge in [-0.15, -0.1) is 0 Å². The van der Waals surface area contributed by atoms with Crippen LogP contribution in [0.5, 0.6) is 5.75 Å². The lowest BCUT2D eigenvalue weighted by Crippen LogP contribution is -2.36. The second kappa shape index (κ2) is 5.24. The van der Waals surface area contributed by atoms with Crippen LogP contribution >= 0.6 is 0 Å². The third-order valence-corrected chi connectivity index (χ3v) is 4.14. The fraction of sp³-hybridized carbons (Fsp3) is 0.278. The predicted molar refractivity (Wildman–Crippen MR) is 84.0 cm³/mol. The Hall–Kier alpha value is -2.29. The molecule has 0 bridgehead atoms. The number of hydrogen-bond acceptors (Lipinski definition) is 2. The molecule has 108 valence electrons. The molecule has 1 N–H and O–H groups in total. The van der Waals surface area contributed by atoms with Crippen molar-refractivity contribution in [1.82, 2.24) is 0 Å². The van der Waals surface area contributed by atoms with Crippen LogP contribution in [0.15, 0.2) is 36.4 Å². The van der Waals surface area contributed by atoms with Crippen LogP contribution in [-0.4, -0.2) is 17.6 Å². The topological polar surface area (TPSA) is 40.5 Å². The average Bonchev–Trinajstić information content (AvgIpc) is 2.46. The number of anilines is 1. The van der Waals surface area contributed by atoms with Gasteiger partial charge in [-0.3, -0.25) is 4.79 Å². The van der Waals surface area contributed by atoms with Crippen molar-refractivity contribution in [3.63, 3.8) is 0 Å². The van der Waals surface area contributed by atoms with E-state index >= 15 is 0 Å². The molecule has 0 unspecified atom stereocenters. The normalized spacial score (nSPS) is 13.9. The summed E-state index contributed by atoms with van der Waals surface area (Å²) in [6, 6.07) is 11.3. The van der Waals surface area contributed by atoms with Crippen LogP contribution in [0, 0.1) is 13.8 Å². The molecule has 0 fully saturated rings. The molecule has 1 aliphatic rings. The molecule has 1 amide bonds. The summed E-state index contributed by atoms with van der Waals surface area (Å²) in [7, 11) is 0. The highest BCUT2D eigenvalue weighted by molar-refractivity contribution is 6.09. The van der Waals surface area contributed by atoms with Crippen LogP contribution in [0.2, 0.25) is 0 Å². The van der Waals surface area contributed by atoms with E-state index in [1.165, 1.54) is 0 Å². The Labute approximate surface area is 124 Å². The fourth-order valence-corrected chi connectivity index (χ4v) is 3.12. The Morgan fingerprint density at radius 1 is 1.10 bits per heavy atom. The molecule has 2 aromatic carbocycles. The molecular formula is C18H19NO2. The molecule has 0 saturated carbocycles. The third-order valence-electron chi connectivity index (χ3n) is 4.14. The summed E-state index contributed by atoms with van der Waals surface area (Å²) in [5.74, 6) is 0.167. The van der Waals surface area contributed by atoms with Crippen molar-refractivity contribution in [3.8, 4) is 5.75 Å². The molecule has 0 atom stereocenters. The Morgan fingerprint density at radius 3 is 2.48 bits per heavy atom. The van der Waals surface area contributed by atoms with Crippen molar-refractivity contribution >= 4 is 11.6 Å². The highest BCUT2D eigenvalue weighted by Gasteiger charge is 2.27. The molecular weight excluding hydrogens is 262 g/mol. The van der Waals surface area contributed by atoms with Gasteiger partial charge in [0.05, 0.1) is 5.69 Å². The van der Waals surface area contributed by atoms with Crippen molar-refractivity contribution in [3.05, 3.63) is 58.7 Å². The number of fused-ring (bicyclic) bond motifs is 1. The number of para-hydroxylation sites is 1. The first kappa shape index (κ1) is 13.7. The quantitative estimate of drug-likeness (QED) is 0.867. The lowest BCUT2D eigenvalue weighted by Gasteiger charge is -2.31. The molecule has 3 heteroatoms. The maximum atomic E-state index is 13.0. The number of phenolic OH excluding ortho intramolecular Hbond substituents is 1. The number of benzene rings is 2. The second-order valence-electron chi connectivity index (χ2n) is 5.61. The van der Waals surface area contributed by atoms with Crippen molar-refractivity contribution in [1.29, 1.82) is 0 Å². The summed E-state index contributed by atoms with van der Waals surface area (Å²) in [6.45, 7) is 4.56. The number of aryl methyl sites for hydroxylation is 3. The van der Waals surface area contributed by atoms with Gasteiger partial charge in [-0.05, 0) is 49.4 Å². The number of hydrogen-bond donors (Lipinski definition) is 1. The highest BCUT2D eigenvalue weighted by atomic mass is 16.3. The fourth-order valence-electron chi connectivity index (χ4n) is 3.12. The summed E-state index contributed by atoms with van der Waals surface area (Å²) in [5, 5.41) is 10.2. The number of carbonyl (C=O) groups excluding carboxylic acids is 1. The minimum atomic E-state index is -0.0203. The summed E-state index contributed by atoms with van der Waals surface area (Å²) in [6.07, 6.45) is 1.83. The smallest absolute Gasteiger partial charge is 0.258 e. The first-order valence-electron chi connectivity index (χ1n) is 7.28. The molecule has 21 heavy (non-hydrogen) atoms. The van der Waals surface area contributed by atoms with E-state index in [0.29, 0.717) is 12.2 Å². The first-order valence-corrected chi connectivity index (χ1v) is 7.28. The maximum absolute atomic E-state index is 13.0. The minimum absolute atomic E-state index is 0.0203. The van der Waals surface area contributed by atoms with Crippen LogP contribution in [0.25, 0.3) is 0 Å². The van der Waals surface area contributed by atoms with E-state index in [1.807, 2.05) is 44.2 Å². The summed E-state index contributed by atoms with van der Waals surface area (Å²) in [4.78, 5) is 14.7. The van der Waals surface area contributed by atoms with E-state index in [4.69, 9.17) is 0 Å². The molecule has 1 heterocycles. The molecule has 0 spiro atoms. The molecule has 1 aliphatic heterocycles.